The Balaban J connectivity index is 2.08. The highest BCUT2D eigenvalue weighted by Gasteiger charge is 2.14. The molecule has 4 heteroatoms. The van der Waals surface area contributed by atoms with Crippen LogP contribution < -0.4 is 10.1 Å². The van der Waals surface area contributed by atoms with Crippen molar-refractivity contribution < 1.29 is 4.74 Å². The molecule has 0 spiro atoms. The topological polar surface area (TPSA) is 21.3 Å². The number of thiophene rings is 1. The quantitative estimate of drug-likeness (QED) is 0.833. The zero-order chi connectivity index (χ0) is 13.8. The first-order valence-corrected chi connectivity index (χ1v) is 7.92. The van der Waals surface area contributed by atoms with E-state index in [1.54, 1.807) is 18.4 Å². The van der Waals surface area contributed by atoms with Gasteiger partial charge in [-0.3, -0.25) is 0 Å². The van der Waals surface area contributed by atoms with E-state index >= 15 is 0 Å². The molecular formula is C15H18BrNOS. The van der Waals surface area contributed by atoms with Crippen molar-refractivity contribution in [2.45, 2.75) is 25.9 Å². The van der Waals surface area contributed by atoms with Gasteiger partial charge >= 0.3 is 0 Å². The summed E-state index contributed by atoms with van der Waals surface area (Å²) >= 11 is 5.35. The Bertz CT molecular complexity index is 540. The molecule has 1 aromatic heterocycles. The van der Waals surface area contributed by atoms with Crippen LogP contribution in [-0.4, -0.2) is 7.11 Å². The van der Waals surface area contributed by atoms with Crippen LogP contribution in [-0.2, 0) is 0 Å². The summed E-state index contributed by atoms with van der Waals surface area (Å²) in [5, 5.41) is 5.72. The minimum atomic E-state index is 0.277. The van der Waals surface area contributed by atoms with Crippen LogP contribution in [0.1, 0.15) is 36.4 Å². The first-order chi connectivity index (χ1) is 9.11. The van der Waals surface area contributed by atoms with E-state index in [4.69, 9.17) is 4.74 Å². The summed E-state index contributed by atoms with van der Waals surface area (Å²) in [5.74, 6) is 0.899. The highest BCUT2D eigenvalue weighted by molar-refractivity contribution is 9.10. The zero-order valence-electron chi connectivity index (χ0n) is 11.3. The molecule has 1 heterocycles. The fourth-order valence-electron chi connectivity index (χ4n) is 2.07. The lowest BCUT2D eigenvalue weighted by atomic mass is 10.1. The zero-order valence-corrected chi connectivity index (χ0v) is 13.7. The molecule has 0 saturated carbocycles. The molecule has 19 heavy (non-hydrogen) atoms. The summed E-state index contributed by atoms with van der Waals surface area (Å²) in [6.07, 6.45) is 0. The average molecular weight is 340 g/mol. The van der Waals surface area contributed by atoms with Gasteiger partial charge in [-0.1, -0.05) is 12.1 Å². The molecule has 0 aliphatic rings. The van der Waals surface area contributed by atoms with E-state index in [2.05, 4.69) is 58.7 Å². The molecule has 1 unspecified atom stereocenters. The second kappa shape index (κ2) is 6.55. The van der Waals surface area contributed by atoms with Crippen molar-refractivity contribution in [1.82, 2.24) is 5.32 Å². The largest absolute Gasteiger partial charge is 0.497 e. The Morgan fingerprint density at radius 2 is 2.00 bits per heavy atom. The lowest BCUT2D eigenvalue weighted by Gasteiger charge is -2.20. The molecule has 2 nitrogen and oxygen atoms in total. The standard InChI is InChI=1S/C15H18BrNOS/c1-10(12-5-4-6-13(9-12)18-3)17-11(2)15-14(16)7-8-19-15/h4-11,17H,1-3H3/t10-,11?/m0/s1. The van der Waals surface area contributed by atoms with Gasteiger partial charge in [-0.25, -0.2) is 0 Å². The SMILES string of the molecule is COc1cccc([C@H](C)NC(C)c2sccc2Br)c1. The molecule has 1 N–H and O–H groups in total. The van der Waals surface area contributed by atoms with E-state index in [1.807, 2.05) is 12.1 Å². The Morgan fingerprint density at radius 1 is 1.21 bits per heavy atom. The summed E-state index contributed by atoms with van der Waals surface area (Å²) < 4.78 is 6.44. The molecule has 2 rings (SSSR count). The summed E-state index contributed by atoms with van der Waals surface area (Å²) in [5.41, 5.74) is 1.24. The van der Waals surface area contributed by atoms with Gasteiger partial charge in [0.2, 0.25) is 0 Å². The van der Waals surface area contributed by atoms with Crippen molar-refractivity contribution in [2.75, 3.05) is 7.11 Å². The Labute approximate surface area is 126 Å². The van der Waals surface area contributed by atoms with Gasteiger partial charge in [-0.2, -0.15) is 0 Å². The van der Waals surface area contributed by atoms with Crippen LogP contribution in [0.15, 0.2) is 40.2 Å². The first-order valence-electron chi connectivity index (χ1n) is 6.24. The van der Waals surface area contributed by atoms with E-state index < -0.39 is 0 Å². The lowest BCUT2D eigenvalue weighted by Crippen LogP contribution is -2.22. The monoisotopic (exact) mass is 339 g/mol. The minimum Gasteiger partial charge on any atom is -0.497 e. The number of benzene rings is 1. The average Bonchev–Trinajstić information content (AvgIpc) is 2.85. The van der Waals surface area contributed by atoms with Gasteiger partial charge in [0.05, 0.1) is 7.11 Å². The van der Waals surface area contributed by atoms with Crippen LogP contribution in [0.3, 0.4) is 0 Å². The number of rotatable bonds is 5. The predicted molar refractivity (Wildman–Crippen MR) is 85.0 cm³/mol. The molecule has 0 aliphatic heterocycles. The maximum absolute atomic E-state index is 5.27. The molecule has 0 radical (unpaired) electrons. The van der Waals surface area contributed by atoms with Crippen LogP contribution in [0.4, 0.5) is 0 Å². The van der Waals surface area contributed by atoms with Crippen molar-refractivity contribution in [2.24, 2.45) is 0 Å². The minimum absolute atomic E-state index is 0.277. The van der Waals surface area contributed by atoms with Crippen molar-refractivity contribution in [1.29, 1.82) is 0 Å². The van der Waals surface area contributed by atoms with Gasteiger partial charge in [0.15, 0.2) is 0 Å². The Hall–Kier alpha value is -0.840. The predicted octanol–water partition coefficient (Wildman–Crippen LogP) is 4.93. The maximum atomic E-state index is 5.27. The van der Waals surface area contributed by atoms with E-state index in [1.165, 1.54) is 14.9 Å². The van der Waals surface area contributed by atoms with Gasteiger partial charge in [0, 0.05) is 21.4 Å². The number of ether oxygens (including phenoxy) is 1. The molecule has 0 saturated heterocycles. The third-order valence-corrected chi connectivity index (χ3v) is 5.19. The van der Waals surface area contributed by atoms with Crippen LogP contribution in [0.25, 0.3) is 0 Å². The molecule has 0 amide bonds. The van der Waals surface area contributed by atoms with Gasteiger partial charge < -0.3 is 10.1 Å². The fourth-order valence-corrected chi connectivity index (χ4v) is 3.81. The molecule has 1 aromatic carbocycles. The summed E-state index contributed by atoms with van der Waals surface area (Å²) in [6.45, 7) is 4.36. The number of methoxy groups -OCH3 is 1. The van der Waals surface area contributed by atoms with Crippen LogP contribution in [0.2, 0.25) is 0 Å². The van der Waals surface area contributed by atoms with Crippen molar-refractivity contribution in [3.63, 3.8) is 0 Å². The highest BCUT2D eigenvalue weighted by atomic mass is 79.9. The first kappa shape index (κ1) is 14.6. The van der Waals surface area contributed by atoms with E-state index in [9.17, 15) is 0 Å². The smallest absolute Gasteiger partial charge is 0.119 e. The summed E-state index contributed by atoms with van der Waals surface area (Å²) in [6, 6.07) is 10.9. The molecule has 2 aromatic rings. The Kier molecular flexibility index (Phi) is 5.02. The van der Waals surface area contributed by atoms with Gasteiger partial charge in [-0.15, -0.1) is 11.3 Å². The molecule has 0 fully saturated rings. The van der Waals surface area contributed by atoms with Crippen molar-refractivity contribution >= 4 is 27.3 Å². The highest BCUT2D eigenvalue weighted by Crippen LogP contribution is 2.30. The van der Waals surface area contributed by atoms with Crippen LogP contribution >= 0.6 is 27.3 Å². The maximum Gasteiger partial charge on any atom is 0.119 e. The van der Waals surface area contributed by atoms with Crippen molar-refractivity contribution in [3.05, 3.63) is 50.6 Å². The second-order valence-corrected chi connectivity index (χ2v) is 6.32. The van der Waals surface area contributed by atoms with E-state index in [-0.39, 0.29) is 6.04 Å². The summed E-state index contributed by atoms with van der Waals surface area (Å²) in [4.78, 5) is 1.33. The van der Waals surface area contributed by atoms with Gasteiger partial charge in [-0.05, 0) is 58.9 Å². The van der Waals surface area contributed by atoms with Crippen LogP contribution in [0.5, 0.6) is 5.75 Å². The second-order valence-electron chi connectivity index (χ2n) is 4.52. The number of nitrogens with one attached hydrogen (secondary N) is 1. The number of halogens is 1. The van der Waals surface area contributed by atoms with Crippen LogP contribution in [0, 0.1) is 0 Å². The third-order valence-electron chi connectivity index (χ3n) is 3.13. The number of hydrogen-bond donors (Lipinski definition) is 1. The van der Waals surface area contributed by atoms with Crippen molar-refractivity contribution in [3.8, 4) is 5.75 Å². The third kappa shape index (κ3) is 3.59. The molecule has 0 bridgehead atoms. The lowest BCUT2D eigenvalue weighted by molar-refractivity contribution is 0.412. The Morgan fingerprint density at radius 3 is 2.63 bits per heavy atom. The molecular weight excluding hydrogens is 322 g/mol. The molecule has 102 valence electrons. The van der Waals surface area contributed by atoms with E-state index in [0.29, 0.717) is 6.04 Å². The van der Waals surface area contributed by atoms with Gasteiger partial charge in [0.25, 0.3) is 0 Å². The van der Waals surface area contributed by atoms with E-state index in [0.717, 1.165) is 5.75 Å². The number of hydrogen-bond acceptors (Lipinski definition) is 3. The van der Waals surface area contributed by atoms with Gasteiger partial charge in [0.1, 0.15) is 5.75 Å². The molecule has 0 aliphatic carbocycles. The fraction of sp³-hybridized carbons (Fsp3) is 0.333. The summed E-state index contributed by atoms with van der Waals surface area (Å²) in [7, 11) is 1.70. The normalized spacial score (nSPS) is 14.1. The molecule has 2 atom stereocenters.